The van der Waals surface area contributed by atoms with Gasteiger partial charge in [0.25, 0.3) is 5.91 Å². The van der Waals surface area contributed by atoms with Crippen molar-refractivity contribution < 1.29 is 18.7 Å². The van der Waals surface area contributed by atoms with Crippen molar-refractivity contribution in [3.63, 3.8) is 0 Å². The highest BCUT2D eigenvalue weighted by molar-refractivity contribution is 5.88. The van der Waals surface area contributed by atoms with Crippen LogP contribution in [0.3, 0.4) is 0 Å². The van der Waals surface area contributed by atoms with Crippen molar-refractivity contribution in [1.29, 1.82) is 0 Å². The summed E-state index contributed by atoms with van der Waals surface area (Å²) in [7, 11) is 0. The van der Waals surface area contributed by atoms with Crippen molar-refractivity contribution in [2.24, 2.45) is 0 Å². The Kier molecular flexibility index (Phi) is 9.84. The summed E-state index contributed by atoms with van der Waals surface area (Å²) in [6, 6.07) is 22.4. The van der Waals surface area contributed by atoms with Crippen molar-refractivity contribution in [3.8, 4) is 5.75 Å². The van der Waals surface area contributed by atoms with Gasteiger partial charge in [-0.15, -0.1) is 0 Å². The summed E-state index contributed by atoms with van der Waals surface area (Å²) < 4.78 is 20.3. The molecule has 1 N–H and O–H groups in total. The molecule has 6 heteroatoms. The molecule has 184 valence electrons. The van der Waals surface area contributed by atoms with Gasteiger partial charge in [0.05, 0.1) is 0 Å². The third kappa shape index (κ3) is 7.95. The molecule has 3 rings (SSSR count). The highest BCUT2D eigenvalue weighted by atomic mass is 19.1. The number of rotatable bonds is 12. The first-order chi connectivity index (χ1) is 17.0. The van der Waals surface area contributed by atoms with E-state index in [0.717, 1.165) is 24.0 Å². The van der Waals surface area contributed by atoms with Crippen LogP contribution in [0.2, 0.25) is 0 Å². The number of benzene rings is 3. The monoisotopic (exact) mass is 476 g/mol. The summed E-state index contributed by atoms with van der Waals surface area (Å²) in [5, 5.41) is 2.95. The molecular weight excluding hydrogens is 443 g/mol. The summed E-state index contributed by atoms with van der Waals surface area (Å²) in [6.45, 7) is 4.20. The molecule has 0 aromatic heterocycles. The van der Waals surface area contributed by atoms with Crippen LogP contribution in [0.25, 0.3) is 0 Å². The predicted octanol–water partition coefficient (Wildman–Crippen LogP) is 5.07. The minimum Gasteiger partial charge on any atom is -0.484 e. The molecule has 0 aliphatic heterocycles. The Labute approximate surface area is 206 Å². The van der Waals surface area contributed by atoms with Crippen LogP contribution < -0.4 is 10.1 Å². The minimum absolute atomic E-state index is 0.0403. The first-order valence-electron chi connectivity index (χ1n) is 12.0. The van der Waals surface area contributed by atoms with Crippen LogP contribution in [0.1, 0.15) is 36.5 Å². The van der Waals surface area contributed by atoms with E-state index in [1.165, 1.54) is 11.0 Å². The highest BCUT2D eigenvalue weighted by Gasteiger charge is 2.31. The zero-order valence-electron chi connectivity index (χ0n) is 20.4. The smallest absolute Gasteiger partial charge is 0.261 e. The molecule has 35 heavy (non-hydrogen) atoms. The van der Waals surface area contributed by atoms with Gasteiger partial charge in [0.1, 0.15) is 17.6 Å². The second kappa shape index (κ2) is 13.3. The van der Waals surface area contributed by atoms with Crippen molar-refractivity contribution in [2.45, 2.75) is 45.7 Å². The van der Waals surface area contributed by atoms with Gasteiger partial charge in [-0.1, -0.05) is 74.0 Å². The van der Waals surface area contributed by atoms with Gasteiger partial charge >= 0.3 is 0 Å². The van der Waals surface area contributed by atoms with Crippen LogP contribution >= 0.6 is 0 Å². The average molecular weight is 477 g/mol. The Hall–Kier alpha value is -3.67. The maximum atomic E-state index is 14.6. The Morgan fingerprint density at radius 3 is 2.46 bits per heavy atom. The van der Waals surface area contributed by atoms with Crippen LogP contribution in [-0.4, -0.2) is 35.9 Å². The lowest BCUT2D eigenvalue weighted by Crippen LogP contribution is -2.52. The number of ether oxygens (including phenoxy) is 1. The Morgan fingerprint density at radius 1 is 1.00 bits per heavy atom. The summed E-state index contributed by atoms with van der Waals surface area (Å²) in [4.78, 5) is 28.2. The molecule has 0 fully saturated rings. The number of hydrogen-bond acceptors (Lipinski definition) is 3. The lowest BCUT2D eigenvalue weighted by atomic mass is 10.0. The number of carbonyl (C=O) groups excluding carboxylic acids is 2. The maximum absolute atomic E-state index is 14.6. The van der Waals surface area contributed by atoms with Gasteiger partial charge in [-0.2, -0.15) is 0 Å². The van der Waals surface area contributed by atoms with E-state index in [-0.39, 0.29) is 25.0 Å². The highest BCUT2D eigenvalue weighted by Crippen LogP contribution is 2.18. The molecule has 0 saturated heterocycles. The number of carbonyl (C=O) groups is 2. The molecule has 0 saturated carbocycles. The van der Waals surface area contributed by atoms with Gasteiger partial charge in [-0.25, -0.2) is 4.39 Å². The molecule has 5 nitrogen and oxygen atoms in total. The summed E-state index contributed by atoms with van der Waals surface area (Å²) in [6.07, 6.45) is 2.08. The topological polar surface area (TPSA) is 58.6 Å². The van der Waals surface area contributed by atoms with E-state index in [4.69, 9.17) is 4.74 Å². The van der Waals surface area contributed by atoms with Crippen LogP contribution in [0, 0.1) is 12.7 Å². The number of nitrogens with one attached hydrogen (secondary N) is 1. The van der Waals surface area contributed by atoms with Crippen LogP contribution in [0.15, 0.2) is 78.9 Å². The third-order valence-corrected chi connectivity index (χ3v) is 5.75. The summed E-state index contributed by atoms with van der Waals surface area (Å²) in [5.74, 6) is -0.505. The quantitative estimate of drug-likeness (QED) is 0.372. The molecule has 2 amide bonds. The van der Waals surface area contributed by atoms with E-state index in [2.05, 4.69) is 5.32 Å². The van der Waals surface area contributed by atoms with E-state index in [0.29, 0.717) is 24.3 Å². The Balaban J connectivity index is 1.89. The molecule has 0 unspecified atom stereocenters. The fourth-order valence-corrected chi connectivity index (χ4v) is 3.80. The predicted molar refractivity (Wildman–Crippen MR) is 135 cm³/mol. The average Bonchev–Trinajstić information content (AvgIpc) is 2.86. The lowest BCUT2D eigenvalue weighted by molar-refractivity contribution is -0.142. The number of hydrogen-bond donors (Lipinski definition) is 1. The van der Waals surface area contributed by atoms with Crippen molar-refractivity contribution in [2.75, 3.05) is 13.2 Å². The van der Waals surface area contributed by atoms with E-state index in [1.54, 1.807) is 24.3 Å². The Bertz CT molecular complexity index is 1100. The number of aryl methyl sites for hydroxylation is 1. The minimum atomic E-state index is -0.817. The first-order valence-corrected chi connectivity index (χ1v) is 12.0. The molecule has 3 aromatic rings. The fourth-order valence-electron chi connectivity index (χ4n) is 3.80. The molecule has 0 spiro atoms. The van der Waals surface area contributed by atoms with Crippen LogP contribution in [0.5, 0.6) is 5.75 Å². The van der Waals surface area contributed by atoms with Gasteiger partial charge in [0, 0.05) is 25.1 Å². The van der Waals surface area contributed by atoms with E-state index < -0.39 is 11.9 Å². The fraction of sp³-hybridized carbons (Fsp3) is 0.310. The van der Waals surface area contributed by atoms with Gasteiger partial charge < -0.3 is 15.0 Å². The second-order valence-electron chi connectivity index (χ2n) is 8.57. The molecule has 0 bridgehead atoms. The van der Waals surface area contributed by atoms with Gasteiger partial charge in [0.15, 0.2) is 6.61 Å². The van der Waals surface area contributed by atoms with Gasteiger partial charge in [-0.05, 0) is 42.7 Å². The maximum Gasteiger partial charge on any atom is 0.261 e. The second-order valence-corrected chi connectivity index (χ2v) is 8.57. The number of unbranched alkanes of at least 4 members (excludes halogenated alkanes) is 1. The van der Waals surface area contributed by atoms with E-state index in [9.17, 15) is 14.0 Å². The lowest BCUT2D eigenvalue weighted by Gasteiger charge is -2.31. The van der Waals surface area contributed by atoms with E-state index in [1.807, 2.05) is 62.4 Å². The molecule has 0 aliphatic carbocycles. The number of amides is 2. The molecule has 0 heterocycles. The third-order valence-electron chi connectivity index (χ3n) is 5.75. The number of nitrogens with zero attached hydrogens (tertiary/aromatic N) is 1. The molecule has 0 aliphatic rings. The first kappa shape index (κ1) is 25.9. The van der Waals surface area contributed by atoms with Gasteiger partial charge in [0.2, 0.25) is 5.91 Å². The molecule has 3 aromatic carbocycles. The summed E-state index contributed by atoms with van der Waals surface area (Å²) >= 11 is 0. The van der Waals surface area contributed by atoms with Crippen molar-refractivity contribution >= 4 is 11.8 Å². The summed E-state index contributed by atoms with van der Waals surface area (Å²) in [5.41, 5.74) is 2.26. The zero-order chi connectivity index (χ0) is 25.0. The normalized spacial score (nSPS) is 11.5. The van der Waals surface area contributed by atoms with Crippen LogP contribution in [-0.2, 0) is 22.6 Å². The van der Waals surface area contributed by atoms with Gasteiger partial charge in [-0.3, -0.25) is 9.59 Å². The van der Waals surface area contributed by atoms with Crippen LogP contribution in [0.4, 0.5) is 4.39 Å². The largest absolute Gasteiger partial charge is 0.484 e. The standard InChI is InChI=1S/C29H33FN2O3/c1-3-4-17-31-29(34)27(19-23-12-6-5-7-13-23)32(20-24-14-8-9-16-26(24)30)28(33)21-35-25-15-10-11-22(2)18-25/h5-16,18,27H,3-4,17,19-21H2,1-2H3,(H,31,34)/t27-/m1/s1. The molecular formula is C29H33FN2O3. The van der Waals surface area contributed by atoms with Crippen molar-refractivity contribution in [3.05, 3.63) is 101 Å². The zero-order valence-corrected chi connectivity index (χ0v) is 20.4. The molecule has 0 radical (unpaired) electrons. The molecule has 1 atom stereocenters. The van der Waals surface area contributed by atoms with E-state index >= 15 is 0 Å². The van der Waals surface area contributed by atoms with Crippen molar-refractivity contribution in [1.82, 2.24) is 10.2 Å². The Morgan fingerprint density at radius 2 is 1.74 bits per heavy atom. The number of halogens is 1. The SMILES string of the molecule is CCCCNC(=O)[C@@H](Cc1ccccc1)N(Cc1ccccc1F)C(=O)COc1cccc(C)c1.